The van der Waals surface area contributed by atoms with Gasteiger partial charge in [0.2, 0.25) is 0 Å². The van der Waals surface area contributed by atoms with Gasteiger partial charge in [0.05, 0.1) is 32.5 Å². The molecule has 0 saturated carbocycles. The van der Waals surface area contributed by atoms with E-state index in [9.17, 15) is 14.4 Å². The number of rotatable bonds is 8. The summed E-state index contributed by atoms with van der Waals surface area (Å²) in [5.41, 5.74) is 6.60. The van der Waals surface area contributed by atoms with E-state index in [0.717, 1.165) is 0 Å². The molecule has 14 nitrogen and oxygen atoms in total. The summed E-state index contributed by atoms with van der Waals surface area (Å²) in [6, 6.07) is 3.21. The molecule has 0 bridgehead atoms. The molecule has 3 heterocycles. The number of ether oxygens (including phenoxy) is 3. The number of nitrogen functional groups attached to an aromatic ring is 1. The Balaban J connectivity index is 1.62. The second kappa shape index (κ2) is 10.3. The predicted molar refractivity (Wildman–Crippen MR) is 121 cm³/mol. The first-order chi connectivity index (χ1) is 17.3. The number of methoxy groups -OCH3 is 1. The summed E-state index contributed by atoms with van der Waals surface area (Å²) in [4.78, 5) is 37.0. The van der Waals surface area contributed by atoms with Gasteiger partial charge in [-0.05, 0) is 19.1 Å². The van der Waals surface area contributed by atoms with Gasteiger partial charge < -0.3 is 25.3 Å². The zero-order chi connectivity index (χ0) is 25.8. The molecule has 1 aromatic carbocycles. The molecular formula is C21H23FN8O6. The van der Waals surface area contributed by atoms with Crippen molar-refractivity contribution < 1.29 is 33.0 Å². The number of carbonyl (C=O) groups excluding carboxylic acids is 3. The molecule has 190 valence electrons. The van der Waals surface area contributed by atoms with Crippen molar-refractivity contribution in [2.45, 2.75) is 19.1 Å². The van der Waals surface area contributed by atoms with Gasteiger partial charge in [-0.25, -0.2) is 18.8 Å². The third-order valence-electron chi connectivity index (χ3n) is 5.36. The van der Waals surface area contributed by atoms with Gasteiger partial charge in [0.25, 0.3) is 0 Å². The molecule has 2 aromatic heterocycles. The lowest BCUT2D eigenvalue weighted by Gasteiger charge is -2.19. The van der Waals surface area contributed by atoms with E-state index in [1.54, 1.807) is 6.92 Å². The van der Waals surface area contributed by atoms with Crippen LogP contribution in [0, 0.1) is 5.82 Å². The van der Waals surface area contributed by atoms with Crippen LogP contribution in [0.15, 0.2) is 30.6 Å². The minimum absolute atomic E-state index is 0.0220. The second-order valence-electron chi connectivity index (χ2n) is 7.62. The Kier molecular flexibility index (Phi) is 6.98. The first-order valence-corrected chi connectivity index (χ1v) is 10.8. The minimum Gasteiger partial charge on any atom is -0.462 e. The molecule has 4 N–H and O–H groups in total. The Morgan fingerprint density at radius 3 is 2.89 bits per heavy atom. The van der Waals surface area contributed by atoms with Gasteiger partial charge in [0.15, 0.2) is 5.82 Å². The van der Waals surface area contributed by atoms with Crippen LogP contribution >= 0.6 is 0 Å². The molecule has 1 fully saturated rings. The summed E-state index contributed by atoms with van der Waals surface area (Å²) < 4.78 is 31.5. The number of anilines is 2. The minimum atomic E-state index is -0.939. The van der Waals surface area contributed by atoms with Crippen molar-refractivity contribution in [2.75, 3.05) is 37.4 Å². The van der Waals surface area contributed by atoms with Crippen LogP contribution in [-0.4, -0.2) is 76.3 Å². The van der Waals surface area contributed by atoms with Crippen molar-refractivity contribution in [3.05, 3.63) is 53.2 Å². The molecule has 1 aliphatic heterocycles. The van der Waals surface area contributed by atoms with E-state index < -0.39 is 36.1 Å². The van der Waals surface area contributed by atoms with E-state index in [4.69, 9.17) is 15.2 Å². The first kappa shape index (κ1) is 24.4. The number of nitrogens with one attached hydrogen (secondary N) is 2. The first-order valence-electron chi connectivity index (χ1n) is 10.8. The number of esters is 1. The van der Waals surface area contributed by atoms with Crippen molar-refractivity contribution in [1.82, 2.24) is 30.5 Å². The maximum atomic E-state index is 15.5. The molecule has 2 atom stereocenters. The fourth-order valence-corrected chi connectivity index (χ4v) is 3.70. The Morgan fingerprint density at radius 1 is 1.42 bits per heavy atom. The molecule has 0 aliphatic carbocycles. The number of carbonyl (C=O) groups is 3. The number of aromatic amines is 1. The van der Waals surface area contributed by atoms with Crippen LogP contribution in [0.3, 0.4) is 0 Å². The fourth-order valence-electron chi connectivity index (χ4n) is 3.70. The topological polar surface area (TPSA) is 180 Å². The Labute approximate surface area is 203 Å². The molecule has 2 unspecified atom stereocenters. The Bertz CT molecular complexity index is 1260. The average Bonchev–Trinajstić information content (AvgIpc) is 3.60. The number of hydrogen-bond acceptors (Lipinski definition) is 10. The van der Waals surface area contributed by atoms with E-state index in [2.05, 4.69) is 30.6 Å². The van der Waals surface area contributed by atoms with Gasteiger partial charge in [-0.15, -0.1) is 5.10 Å². The lowest BCUT2D eigenvalue weighted by molar-refractivity contribution is 0.0527. The van der Waals surface area contributed by atoms with E-state index in [1.165, 1.54) is 47.3 Å². The summed E-state index contributed by atoms with van der Waals surface area (Å²) in [6.45, 7) is 1.92. The van der Waals surface area contributed by atoms with Crippen LogP contribution in [-0.2, 0) is 14.2 Å². The number of amides is 2. The van der Waals surface area contributed by atoms with E-state index >= 15 is 4.39 Å². The SMILES string of the molecule is CCOC(=O)c1cn(C(c2c[nH]nn2)c2ccc(N3CC(CNC(=O)OC)OC3=O)cc2F)nc1N. The van der Waals surface area contributed by atoms with Crippen molar-refractivity contribution in [3.8, 4) is 0 Å². The highest BCUT2D eigenvalue weighted by molar-refractivity contribution is 5.94. The number of cyclic esters (lactones) is 1. The highest BCUT2D eigenvalue weighted by Gasteiger charge is 2.34. The maximum Gasteiger partial charge on any atom is 0.414 e. The fraction of sp³-hybridized carbons (Fsp3) is 0.333. The summed E-state index contributed by atoms with van der Waals surface area (Å²) in [5, 5.41) is 16.8. The summed E-state index contributed by atoms with van der Waals surface area (Å²) in [5.74, 6) is -1.44. The predicted octanol–water partition coefficient (Wildman–Crippen LogP) is 1.22. The molecule has 0 radical (unpaired) electrons. The van der Waals surface area contributed by atoms with Crippen LogP contribution in [0.1, 0.15) is 34.6 Å². The number of nitrogens with zero attached hydrogens (tertiary/aromatic N) is 5. The van der Waals surface area contributed by atoms with Crippen LogP contribution in [0.2, 0.25) is 0 Å². The second-order valence-corrected chi connectivity index (χ2v) is 7.62. The normalized spacial score (nSPS) is 15.9. The van der Waals surface area contributed by atoms with Crippen LogP contribution < -0.4 is 16.0 Å². The number of aromatic nitrogens is 5. The number of hydrogen-bond donors (Lipinski definition) is 3. The molecule has 15 heteroatoms. The number of benzene rings is 1. The Morgan fingerprint density at radius 2 is 2.22 bits per heavy atom. The zero-order valence-corrected chi connectivity index (χ0v) is 19.3. The monoisotopic (exact) mass is 502 g/mol. The summed E-state index contributed by atoms with van der Waals surface area (Å²) >= 11 is 0. The number of halogens is 1. The average molecular weight is 502 g/mol. The summed E-state index contributed by atoms with van der Waals surface area (Å²) in [7, 11) is 1.22. The van der Waals surface area contributed by atoms with Crippen LogP contribution in [0.4, 0.5) is 25.5 Å². The molecule has 1 aliphatic rings. The van der Waals surface area contributed by atoms with Gasteiger partial charge >= 0.3 is 18.2 Å². The maximum absolute atomic E-state index is 15.5. The number of H-pyrrole nitrogens is 1. The van der Waals surface area contributed by atoms with Crippen LogP contribution in [0.5, 0.6) is 0 Å². The molecular weight excluding hydrogens is 479 g/mol. The standard InChI is InChI=1S/C21H23FN8O6/c1-3-35-19(31)14-10-30(27-18(14)23)17(16-8-25-28-26-16)13-5-4-11(6-15(13)22)29-9-12(36-21(29)33)7-24-20(32)34-2/h4-6,8,10,12,17H,3,7,9H2,1-2H3,(H2,23,27)(H,24,32)(H,25,26,28). The third-order valence-corrected chi connectivity index (χ3v) is 5.36. The zero-order valence-electron chi connectivity index (χ0n) is 19.3. The summed E-state index contributed by atoms with van der Waals surface area (Å²) in [6.07, 6.45) is 0.804. The van der Waals surface area contributed by atoms with Gasteiger partial charge in [-0.1, -0.05) is 11.3 Å². The molecule has 36 heavy (non-hydrogen) atoms. The third kappa shape index (κ3) is 4.89. The van der Waals surface area contributed by atoms with Gasteiger partial charge in [0, 0.05) is 18.0 Å². The number of alkyl carbamates (subject to hydrolysis) is 1. The smallest absolute Gasteiger partial charge is 0.414 e. The van der Waals surface area contributed by atoms with E-state index in [0.29, 0.717) is 5.69 Å². The Hall–Kier alpha value is -4.69. The number of nitrogens with two attached hydrogens (primary N) is 1. The van der Waals surface area contributed by atoms with Gasteiger partial charge in [0.1, 0.15) is 29.2 Å². The molecule has 0 spiro atoms. The van der Waals surface area contributed by atoms with Crippen molar-refractivity contribution >= 4 is 29.7 Å². The molecule has 1 saturated heterocycles. The van der Waals surface area contributed by atoms with Crippen molar-refractivity contribution in [2.24, 2.45) is 0 Å². The lowest BCUT2D eigenvalue weighted by Crippen LogP contribution is -2.34. The van der Waals surface area contributed by atoms with Crippen molar-refractivity contribution in [1.29, 1.82) is 0 Å². The highest BCUT2D eigenvalue weighted by atomic mass is 19.1. The lowest BCUT2D eigenvalue weighted by atomic mass is 10.0. The van der Waals surface area contributed by atoms with Crippen LogP contribution in [0.25, 0.3) is 0 Å². The van der Waals surface area contributed by atoms with Gasteiger partial charge in [-0.3, -0.25) is 14.7 Å². The van der Waals surface area contributed by atoms with Gasteiger partial charge in [-0.2, -0.15) is 5.10 Å². The van der Waals surface area contributed by atoms with E-state index in [-0.39, 0.29) is 42.3 Å². The molecule has 4 rings (SSSR count). The van der Waals surface area contributed by atoms with E-state index in [1.807, 2.05) is 0 Å². The molecule has 3 aromatic rings. The quantitative estimate of drug-likeness (QED) is 0.299. The highest BCUT2D eigenvalue weighted by Crippen LogP contribution is 2.31. The molecule has 2 amide bonds. The van der Waals surface area contributed by atoms with Crippen molar-refractivity contribution in [3.63, 3.8) is 0 Å². The largest absolute Gasteiger partial charge is 0.462 e.